The molecule has 1 aromatic carbocycles. The van der Waals surface area contributed by atoms with Crippen LogP contribution in [0.5, 0.6) is 0 Å². The number of hydrogen-bond donors (Lipinski definition) is 2. The lowest BCUT2D eigenvalue weighted by atomic mass is 10.1. The largest absolute Gasteiger partial charge is 0.368 e. The molecule has 6 nitrogen and oxygen atoms in total. The second-order valence-electron chi connectivity index (χ2n) is 4.63. The smallest absolute Gasteiger partial charge is 0.221 e. The molecule has 0 unspecified atom stereocenters. The normalized spacial score (nSPS) is 12.5. The Balaban J connectivity index is 0.00000161. The van der Waals surface area contributed by atoms with Crippen molar-refractivity contribution in [2.45, 2.75) is 6.42 Å². The van der Waals surface area contributed by atoms with Crippen LogP contribution in [-0.4, -0.2) is 29.3 Å². The minimum atomic E-state index is 0. The van der Waals surface area contributed by atoms with Crippen molar-refractivity contribution >= 4 is 41.8 Å². The van der Waals surface area contributed by atoms with Crippen molar-refractivity contribution < 1.29 is 4.79 Å². The molecular weight excluding hydrogens is 290 g/mol. The molecule has 0 saturated heterocycles. The summed E-state index contributed by atoms with van der Waals surface area (Å²) in [6, 6.07) is 7.87. The van der Waals surface area contributed by atoms with Gasteiger partial charge in [0, 0.05) is 24.1 Å². The zero-order chi connectivity index (χ0) is 13.9. The Bertz CT molecular complexity index is 649. The molecular formula is C14H16ClN5O. The van der Waals surface area contributed by atoms with Gasteiger partial charge in [-0.25, -0.2) is 4.98 Å². The Labute approximate surface area is 128 Å². The number of anilines is 4. The highest BCUT2D eigenvalue weighted by molar-refractivity contribution is 5.85. The molecule has 1 aromatic heterocycles. The van der Waals surface area contributed by atoms with E-state index in [0.29, 0.717) is 12.4 Å². The number of aldehydes is 1. The topological polar surface area (TPSA) is 84.1 Å². The number of aromatic nitrogens is 2. The third kappa shape index (κ3) is 3.22. The maximum Gasteiger partial charge on any atom is 0.221 e. The first-order valence-electron chi connectivity index (χ1n) is 6.43. The lowest BCUT2D eigenvalue weighted by Gasteiger charge is -2.16. The molecule has 110 valence electrons. The molecule has 0 bridgehead atoms. The van der Waals surface area contributed by atoms with Crippen LogP contribution in [0, 0.1) is 0 Å². The first-order chi connectivity index (χ1) is 9.76. The lowest BCUT2D eigenvalue weighted by molar-refractivity contribution is -0.106. The summed E-state index contributed by atoms with van der Waals surface area (Å²) in [5, 5.41) is 3.19. The molecule has 3 N–H and O–H groups in total. The molecule has 21 heavy (non-hydrogen) atoms. The number of nitrogen functional groups attached to an aromatic ring is 1. The number of halogens is 1. The quantitative estimate of drug-likeness (QED) is 0.838. The monoisotopic (exact) mass is 305 g/mol. The van der Waals surface area contributed by atoms with E-state index in [1.807, 2.05) is 12.1 Å². The Morgan fingerprint density at radius 1 is 1.38 bits per heavy atom. The number of rotatable bonds is 4. The fraction of sp³-hybridized carbons (Fsp3) is 0.214. The molecule has 0 saturated carbocycles. The number of nitrogens with two attached hydrogens (primary N) is 1. The van der Waals surface area contributed by atoms with E-state index in [-0.39, 0.29) is 18.4 Å². The van der Waals surface area contributed by atoms with Gasteiger partial charge >= 0.3 is 0 Å². The van der Waals surface area contributed by atoms with Crippen LogP contribution in [0.1, 0.15) is 5.56 Å². The molecule has 7 heteroatoms. The first-order valence-corrected chi connectivity index (χ1v) is 6.43. The maximum atomic E-state index is 10.7. The fourth-order valence-corrected chi connectivity index (χ4v) is 2.39. The number of nitrogens with zero attached hydrogens (tertiary/aromatic N) is 3. The Morgan fingerprint density at radius 3 is 3.00 bits per heavy atom. The van der Waals surface area contributed by atoms with Gasteiger partial charge in [0.2, 0.25) is 5.95 Å². The van der Waals surface area contributed by atoms with E-state index in [4.69, 9.17) is 5.73 Å². The Morgan fingerprint density at radius 2 is 2.24 bits per heavy atom. The molecule has 2 aromatic rings. The molecule has 3 rings (SSSR count). The zero-order valence-corrected chi connectivity index (χ0v) is 12.1. The van der Waals surface area contributed by atoms with Gasteiger partial charge in [0.25, 0.3) is 0 Å². The van der Waals surface area contributed by atoms with E-state index in [1.54, 1.807) is 12.3 Å². The van der Waals surface area contributed by atoms with E-state index in [1.165, 1.54) is 5.56 Å². The number of hydrogen-bond acceptors (Lipinski definition) is 6. The molecule has 1 aliphatic rings. The summed E-state index contributed by atoms with van der Waals surface area (Å²) in [6.07, 6.45) is 3.51. The van der Waals surface area contributed by atoms with Gasteiger partial charge in [-0.1, -0.05) is 6.07 Å². The third-order valence-corrected chi connectivity index (χ3v) is 3.32. The highest BCUT2D eigenvalue weighted by atomic mass is 35.5. The average molecular weight is 306 g/mol. The van der Waals surface area contributed by atoms with Crippen LogP contribution in [0.2, 0.25) is 0 Å². The summed E-state index contributed by atoms with van der Waals surface area (Å²) in [6.45, 7) is 1.31. The minimum absolute atomic E-state index is 0. The van der Waals surface area contributed by atoms with Crippen molar-refractivity contribution in [3.63, 3.8) is 0 Å². The summed E-state index contributed by atoms with van der Waals surface area (Å²) < 4.78 is 0. The summed E-state index contributed by atoms with van der Waals surface area (Å²) >= 11 is 0. The Hall–Kier alpha value is -2.34. The fourth-order valence-electron chi connectivity index (χ4n) is 2.39. The highest BCUT2D eigenvalue weighted by Crippen LogP contribution is 2.31. The van der Waals surface area contributed by atoms with E-state index >= 15 is 0 Å². The minimum Gasteiger partial charge on any atom is -0.368 e. The average Bonchev–Trinajstić information content (AvgIpc) is 2.82. The lowest BCUT2D eigenvalue weighted by Crippen LogP contribution is -2.22. The number of carbonyl (C=O) groups is 1. The van der Waals surface area contributed by atoms with Crippen molar-refractivity contribution in [1.82, 2.24) is 9.97 Å². The van der Waals surface area contributed by atoms with Crippen LogP contribution in [-0.2, 0) is 11.2 Å². The Kier molecular flexibility index (Phi) is 4.59. The molecule has 0 fully saturated rings. The summed E-state index contributed by atoms with van der Waals surface area (Å²) in [5.41, 5.74) is 8.84. The maximum absolute atomic E-state index is 10.7. The molecule has 1 aliphatic heterocycles. The SMILES string of the molecule is Cl.Nc1nccc(Nc2ccc3c(c2)N(CC=O)CC3)n1. The van der Waals surface area contributed by atoms with E-state index in [2.05, 4.69) is 26.3 Å². The number of nitrogens with one attached hydrogen (secondary N) is 1. The summed E-state index contributed by atoms with van der Waals surface area (Å²) in [5.74, 6) is 0.885. The van der Waals surface area contributed by atoms with Gasteiger partial charge in [0.1, 0.15) is 12.1 Å². The van der Waals surface area contributed by atoms with Gasteiger partial charge in [-0.3, -0.25) is 0 Å². The predicted molar refractivity (Wildman–Crippen MR) is 85.4 cm³/mol. The van der Waals surface area contributed by atoms with Crippen LogP contribution in [0.25, 0.3) is 0 Å². The van der Waals surface area contributed by atoms with Crippen molar-refractivity contribution in [3.05, 3.63) is 36.0 Å². The molecule has 0 radical (unpaired) electrons. The molecule has 0 spiro atoms. The second-order valence-corrected chi connectivity index (χ2v) is 4.63. The van der Waals surface area contributed by atoms with Gasteiger partial charge in [0.05, 0.1) is 6.54 Å². The van der Waals surface area contributed by atoms with Gasteiger partial charge in [-0.2, -0.15) is 4.98 Å². The van der Waals surface area contributed by atoms with Crippen LogP contribution < -0.4 is 16.0 Å². The van der Waals surface area contributed by atoms with Gasteiger partial charge < -0.3 is 20.7 Å². The molecule has 0 aliphatic carbocycles. The standard InChI is InChI=1S/C14H15N5O.ClH/c15-14-16-5-3-13(18-14)17-11-2-1-10-4-6-19(7-8-20)12(10)9-11;/h1-3,5,8-9H,4,6-7H2,(H3,15,16,17,18);1H. The van der Waals surface area contributed by atoms with Crippen LogP contribution >= 0.6 is 12.4 Å². The van der Waals surface area contributed by atoms with E-state index in [0.717, 1.165) is 30.6 Å². The second kappa shape index (κ2) is 6.41. The number of fused-ring (bicyclic) bond motifs is 1. The van der Waals surface area contributed by atoms with Crippen LogP contribution in [0.4, 0.5) is 23.1 Å². The molecule has 0 amide bonds. The zero-order valence-electron chi connectivity index (χ0n) is 11.3. The van der Waals surface area contributed by atoms with Crippen molar-refractivity contribution in [1.29, 1.82) is 0 Å². The van der Waals surface area contributed by atoms with Crippen molar-refractivity contribution in [2.75, 3.05) is 29.0 Å². The van der Waals surface area contributed by atoms with Gasteiger partial charge in [-0.15, -0.1) is 12.4 Å². The van der Waals surface area contributed by atoms with Gasteiger partial charge in [0.15, 0.2) is 0 Å². The molecule has 0 atom stereocenters. The third-order valence-electron chi connectivity index (χ3n) is 3.32. The van der Waals surface area contributed by atoms with Gasteiger partial charge in [-0.05, 0) is 30.2 Å². The van der Waals surface area contributed by atoms with Crippen molar-refractivity contribution in [3.8, 4) is 0 Å². The summed E-state index contributed by atoms with van der Waals surface area (Å²) in [7, 11) is 0. The van der Waals surface area contributed by atoms with E-state index < -0.39 is 0 Å². The predicted octanol–water partition coefficient (Wildman–Crippen LogP) is 1.79. The molecule has 2 heterocycles. The summed E-state index contributed by atoms with van der Waals surface area (Å²) in [4.78, 5) is 20.7. The van der Waals surface area contributed by atoms with Crippen LogP contribution in [0.15, 0.2) is 30.5 Å². The number of benzene rings is 1. The van der Waals surface area contributed by atoms with Crippen LogP contribution in [0.3, 0.4) is 0 Å². The van der Waals surface area contributed by atoms with E-state index in [9.17, 15) is 4.79 Å². The first kappa shape index (κ1) is 15.1. The van der Waals surface area contributed by atoms with Crippen molar-refractivity contribution in [2.24, 2.45) is 0 Å². The number of carbonyl (C=O) groups excluding carboxylic acids is 1. The highest BCUT2D eigenvalue weighted by Gasteiger charge is 2.18.